The van der Waals surface area contributed by atoms with E-state index in [1.165, 1.54) is 16.2 Å². The van der Waals surface area contributed by atoms with Crippen molar-refractivity contribution in [3.05, 3.63) is 95.1 Å². The van der Waals surface area contributed by atoms with Crippen molar-refractivity contribution in [2.45, 2.75) is 19.9 Å². The molecule has 6 rings (SSSR count). The lowest BCUT2D eigenvalue weighted by Crippen LogP contribution is -2.29. The fourth-order valence-electron chi connectivity index (χ4n) is 5.08. The summed E-state index contributed by atoms with van der Waals surface area (Å²) in [6, 6.07) is 15.1. The molecule has 1 fully saturated rings. The molecule has 0 unspecified atom stereocenters. The maximum absolute atomic E-state index is 13.7. The van der Waals surface area contributed by atoms with Gasteiger partial charge in [-0.15, -0.1) is 0 Å². The molecule has 1 atom stereocenters. The van der Waals surface area contributed by atoms with Crippen molar-refractivity contribution < 1.29 is 28.9 Å². The van der Waals surface area contributed by atoms with Crippen LogP contribution in [-0.2, 0) is 9.59 Å². The number of aromatic nitrogens is 1. The van der Waals surface area contributed by atoms with E-state index in [0.29, 0.717) is 46.7 Å². The van der Waals surface area contributed by atoms with Crippen molar-refractivity contribution in [3.8, 4) is 17.2 Å². The Bertz CT molecular complexity index is 1720. The molecule has 0 saturated carbocycles. The maximum atomic E-state index is 13.7. The smallest absolute Gasteiger partial charge is 0.301 e. The molecule has 1 amide bonds. The number of ether oxygens (including phenoxy) is 3. The molecule has 0 bridgehead atoms. The van der Waals surface area contributed by atoms with Gasteiger partial charge >= 0.3 is 5.91 Å². The average Bonchev–Trinajstić information content (AvgIpc) is 3.49. The summed E-state index contributed by atoms with van der Waals surface area (Å²) in [5.74, 6) is -0.340. The van der Waals surface area contributed by atoms with Crippen LogP contribution in [0.2, 0.25) is 0 Å². The van der Waals surface area contributed by atoms with Crippen LogP contribution in [-0.4, -0.2) is 41.6 Å². The summed E-state index contributed by atoms with van der Waals surface area (Å²) in [5.41, 5.74) is 3.69. The van der Waals surface area contributed by atoms with E-state index in [2.05, 4.69) is 6.58 Å². The monoisotopic (exact) mass is 554 g/mol. The topological polar surface area (TPSA) is 98.2 Å². The van der Waals surface area contributed by atoms with E-state index in [9.17, 15) is 14.7 Å². The van der Waals surface area contributed by atoms with E-state index in [-0.39, 0.29) is 17.9 Å². The van der Waals surface area contributed by atoms with Crippen LogP contribution in [0.3, 0.4) is 0 Å². The molecular formula is C31H26N2O6S. The Hall–Kier alpha value is -4.63. The number of aliphatic hydroxyl groups excluding tert-OH is 1. The molecule has 0 aliphatic carbocycles. The molecule has 1 N–H and O–H groups in total. The van der Waals surface area contributed by atoms with Crippen LogP contribution >= 0.6 is 11.3 Å². The highest BCUT2D eigenvalue weighted by atomic mass is 32.1. The van der Waals surface area contributed by atoms with Gasteiger partial charge in [0.05, 0.1) is 21.8 Å². The fraction of sp³-hybridized carbons (Fsp3) is 0.194. The summed E-state index contributed by atoms with van der Waals surface area (Å²) < 4.78 is 17.9. The Balaban J connectivity index is 1.54. The lowest BCUT2D eigenvalue weighted by atomic mass is 9.95. The first-order valence-electron chi connectivity index (χ1n) is 12.8. The Morgan fingerprint density at radius 1 is 1.12 bits per heavy atom. The lowest BCUT2D eigenvalue weighted by Gasteiger charge is -2.23. The molecule has 202 valence electrons. The molecule has 3 aromatic carbocycles. The summed E-state index contributed by atoms with van der Waals surface area (Å²) in [6.07, 6.45) is 1.63. The van der Waals surface area contributed by atoms with Crippen LogP contribution < -0.4 is 19.1 Å². The number of hydrogen-bond acceptors (Lipinski definition) is 8. The van der Waals surface area contributed by atoms with Crippen molar-refractivity contribution in [1.29, 1.82) is 0 Å². The highest BCUT2D eigenvalue weighted by Gasteiger charge is 2.48. The standard InChI is InChI=1S/C31H26N2O6S/c1-4-10-37-21-7-5-6-19(15-21)27-25(28(34)20-8-9-22-23(16-20)39-12-11-38-22)29(35)30(36)33(27)31-32-26-18(3)13-17(2)14-24(26)40-31/h4-9,13-16,27,34H,1,10-12H2,2-3H3/t27-/m1/s1. The van der Waals surface area contributed by atoms with Gasteiger partial charge < -0.3 is 19.3 Å². The number of benzene rings is 3. The van der Waals surface area contributed by atoms with Crippen molar-refractivity contribution in [2.24, 2.45) is 0 Å². The minimum absolute atomic E-state index is 0.0466. The van der Waals surface area contributed by atoms with Gasteiger partial charge in [0, 0.05) is 5.56 Å². The van der Waals surface area contributed by atoms with Crippen LogP contribution in [0.15, 0.2) is 72.8 Å². The molecular weight excluding hydrogens is 528 g/mol. The van der Waals surface area contributed by atoms with Gasteiger partial charge in [0.25, 0.3) is 5.78 Å². The number of hydrogen-bond donors (Lipinski definition) is 1. The predicted octanol–water partition coefficient (Wildman–Crippen LogP) is 5.88. The van der Waals surface area contributed by atoms with Crippen molar-refractivity contribution in [1.82, 2.24) is 4.98 Å². The number of ketones is 1. The van der Waals surface area contributed by atoms with E-state index in [4.69, 9.17) is 19.2 Å². The Morgan fingerprint density at radius 2 is 1.93 bits per heavy atom. The first-order valence-corrected chi connectivity index (χ1v) is 13.6. The van der Waals surface area contributed by atoms with Crippen molar-refractivity contribution in [3.63, 3.8) is 0 Å². The first kappa shape index (κ1) is 25.6. The molecule has 40 heavy (non-hydrogen) atoms. The molecule has 1 saturated heterocycles. The van der Waals surface area contributed by atoms with E-state index in [1.807, 2.05) is 26.0 Å². The van der Waals surface area contributed by atoms with Gasteiger partial charge in [0.2, 0.25) is 0 Å². The molecule has 2 aliphatic heterocycles. The number of aryl methyl sites for hydroxylation is 2. The van der Waals surface area contributed by atoms with Crippen LogP contribution in [0, 0.1) is 13.8 Å². The van der Waals surface area contributed by atoms with Gasteiger partial charge in [-0.25, -0.2) is 4.98 Å². The van der Waals surface area contributed by atoms with Crippen LogP contribution in [0.1, 0.15) is 28.3 Å². The molecule has 3 heterocycles. The normalized spacial score (nSPS) is 17.9. The lowest BCUT2D eigenvalue weighted by molar-refractivity contribution is -0.132. The Morgan fingerprint density at radius 3 is 2.73 bits per heavy atom. The number of carbonyl (C=O) groups excluding carboxylic acids is 2. The number of nitrogens with zero attached hydrogens (tertiary/aromatic N) is 2. The number of carbonyl (C=O) groups is 2. The summed E-state index contributed by atoms with van der Waals surface area (Å²) in [7, 11) is 0. The summed E-state index contributed by atoms with van der Waals surface area (Å²) in [6.45, 7) is 8.74. The number of rotatable bonds is 6. The molecule has 1 aromatic heterocycles. The van der Waals surface area contributed by atoms with Gasteiger partial charge in [-0.05, 0) is 66.9 Å². The Kier molecular flexibility index (Phi) is 6.51. The zero-order chi connectivity index (χ0) is 28.0. The first-order chi connectivity index (χ1) is 19.4. The average molecular weight is 555 g/mol. The summed E-state index contributed by atoms with van der Waals surface area (Å²) >= 11 is 1.33. The fourth-order valence-corrected chi connectivity index (χ4v) is 6.25. The largest absolute Gasteiger partial charge is 0.507 e. The van der Waals surface area contributed by atoms with Crippen molar-refractivity contribution >= 4 is 44.1 Å². The van der Waals surface area contributed by atoms with Crippen molar-refractivity contribution in [2.75, 3.05) is 24.7 Å². The van der Waals surface area contributed by atoms with Gasteiger partial charge in [-0.2, -0.15) is 0 Å². The summed E-state index contributed by atoms with van der Waals surface area (Å²) in [4.78, 5) is 33.5. The van der Waals surface area contributed by atoms with Crippen LogP contribution in [0.4, 0.5) is 5.13 Å². The van der Waals surface area contributed by atoms with Gasteiger partial charge in [0.15, 0.2) is 16.6 Å². The molecule has 4 aromatic rings. The second-order valence-electron chi connectivity index (χ2n) is 9.62. The van der Waals surface area contributed by atoms with E-state index >= 15 is 0 Å². The third kappa shape index (κ3) is 4.38. The highest BCUT2D eigenvalue weighted by Crippen LogP contribution is 2.46. The molecule has 2 aliphatic rings. The van der Waals surface area contributed by atoms with Gasteiger partial charge in [-0.1, -0.05) is 42.2 Å². The zero-order valence-corrected chi connectivity index (χ0v) is 22.8. The van der Waals surface area contributed by atoms with Crippen LogP contribution in [0.5, 0.6) is 17.2 Å². The van der Waals surface area contributed by atoms with E-state index in [1.54, 1.807) is 48.5 Å². The summed E-state index contributed by atoms with van der Waals surface area (Å²) in [5, 5.41) is 11.9. The maximum Gasteiger partial charge on any atom is 0.301 e. The minimum Gasteiger partial charge on any atom is -0.507 e. The second kappa shape index (κ2) is 10.2. The predicted molar refractivity (Wildman–Crippen MR) is 153 cm³/mol. The van der Waals surface area contributed by atoms with Gasteiger partial charge in [-0.3, -0.25) is 14.5 Å². The molecule has 0 radical (unpaired) electrons. The SMILES string of the molecule is C=CCOc1cccc([C@@H]2C(=C(O)c3ccc4c(c3)OCCO4)C(=O)C(=O)N2c2nc3c(C)cc(C)cc3s2)c1. The third-order valence-electron chi connectivity index (χ3n) is 6.83. The van der Waals surface area contributed by atoms with E-state index in [0.717, 1.165) is 21.3 Å². The highest BCUT2D eigenvalue weighted by molar-refractivity contribution is 7.22. The third-order valence-corrected chi connectivity index (χ3v) is 7.83. The second-order valence-corrected chi connectivity index (χ2v) is 10.6. The number of Topliss-reactive ketones (excluding diaryl/α,β-unsaturated/α-hetero) is 1. The number of amides is 1. The minimum atomic E-state index is -0.942. The molecule has 8 nitrogen and oxygen atoms in total. The number of aliphatic hydroxyl groups is 1. The molecule has 0 spiro atoms. The molecule has 9 heteroatoms. The zero-order valence-electron chi connectivity index (χ0n) is 22.0. The van der Waals surface area contributed by atoms with Crippen LogP contribution in [0.25, 0.3) is 16.0 Å². The number of thiazole rings is 1. The number of fused-ring (bicyclic) bond motifs is 2. The quantitative estimate of drug-likeness (QED) is 0.138. The Labute approximate surface area is 234 Å². The van der Waals surface area contributed by atoms with E-state index < -0.39 is 17.7 Å². The number of anilines is 1. The van der Waals surface area contributed by atoms with Gasteiger partial charge in [0.1, 0.15) is 31.3 Å².